The normalized spacial score (nSPS) is 28.4. The zero-order valence-corrected chi connectivity index (χ0v) is 12.0. The first kappa shape index (κ1) is 13.7. The van der Waals surface area contributed by atoms with Crippen LogP contribution in [0.1, 0.15) is 32.6 Å². The van der Waals surface area contributed by atoms with E-state index in [9.17, 15) is 9.59 Å². The molecule has 2 fully saturated rings. The molecule has 5 heteroatoms. The molecule has 1 saturated carbocycles. The van der Waals surface area contributed by atoms with Gasteiger partial charge in [0.1, 0.15) is 12.1 Å². The first-order chi connectivity index (χ1) is 8.69. The third-order valence-corrected chi connectivity index (χ3v) is 4.31. The van der Waals surface area contributed by atoms with Crippen molar-refractivity contribution in [2.45, 2.75) is 44.7 Å². The van der Waals surface area contributed by atoms with Gasteiger partial charge in [-0.2, -0.15) is 11.8 Å². The molecule has 0 spiro atoms. The first-order valence-corrected chi connectivity index (χ1v) is 8.18. The Labute approximate surface area is 113 Å². The lowest BCUT2D eigenvalue weighted by Gasteiger charge is -2.39. The second-order valence-corrected chi connectivity index (χ2v) is 6.14. The van der Waals surface area contributed by atoms with Gasteiger partial charge in [-0.3, -0.25) is 9.59 Å². The van der Waals surface area contributed by atoms with E-state index in [2.05, 4.69) is 12.2 Å². The van der Waals surface area contributed by atoms with Gasteiger partial charge < -0.3 is 10.2 Å². The summed E-state index contributed by atoms with van der Waals surface area (Å²) in [6.45, 7) is 2.75. The molecule has 0 aromatic rings. The Morgan fingerprint density at radius 1 is 1.39 bits per heavy atom. The summed E-state index contributed by atoms with van der Waals surface area (Å²) in [4.78, 5) is 26.4. The fourth-order valence-electron chi connectivity index (χ4n) is 2.55. The molecule has 2 aliphatic rings. The van der Waals surface area contributed by atoms with Crippen LogP contribution < -0.4 is 5.32 Å². The molecule has 1 aliphatic heterocycles. The standard InChI is InChI=1S/C13H22N2O2S/c1-3-4-10-12(16)14-11(9-5-6-9)13(17)15(10)7-8-18-2/h9-11H,3-8H2,1-2H3,(H,14,16). The molecule has 0 radical (unpaired) electrons. The SMILES string of the molecule is CCCC1C(=O)NC(C2CC2)C(=O)N1CCSC. The third kappa shape index (κ3) is 2.82. The van der Waals surface area contributed by atoms with Gasteiger partial charge in [-0.25, -0.2) is 0 Å². The number of thioether (sulfide) groups is 1. The molecule has 102 valence electrons. The number of hydrogen-bond donors (Lipinski definition) is 1. The molecule has 18 heavy (non-hydrogen) atoms. The maximum atomic E-state index is 12.4. The molecule has 1 saturated heterocycles. The number of hydrogen-bond acceptors (Lipinski definition) is 3. The summed E-state index contributed by atoms with van der Waals surface area (Å²) in [7, 11) is 0. The Morgan fingerprint density at radius 3 is 2.67 bits per heavy atom. The molecule has 2 unspecified atom stereocenters. The van der Waals surface area contributed by atoms with Gasteiger partial charge in [0, 0.05) is 12.3 Å². The quantitative estimate of drug-likeness (QED) is 0.790. The summed E-state index contributed by atoms with van der Waals surface area (Å²) < 4.78 is 0. The van der Waals surface area contributed by atoms with Gasteiger partial charge in [0.15, 0.2) is 0 Å². The molecular formula is C13H22N2O2S. The van der Waals surface area contributed by atoms with Crippen LogP contribution in [0.3, 0.4) is 0 Å². The van der Waals surface area contributed by atoms with E-state index in [0.717, 1.165) is 31.4 Å². The monoisotopic (exact) mass is 270 g/mol. The molecule has 0 aromatic carbocycles. The Bertz CT molecular complexity index is 331. The lowest BCUT2D eigenvalue weighted by atomic mass is 10.0. The van der Waals surface area contributed by atoms with Gasteiger partial charge in [0.2, 0.25) is 11.8 Å². The van der Waals surface area contributed by atoms with Gasteiger partial charge in [0.25, 0.3) is 0 Å². The maximum absolute atomic E-state index is 12.4. The van der Waals surface area contributed by atoms with Crippen molar-refractivity contribution in [1.29, 1.82) is 0 Å². The predicted octanol–water partition coefficient (Wildman–Crippen LogP) is 1.26. The molecule has 0 aromatic heterocycles. The van der Waals surface area contributed by atoms with Crippen molar-refractivity contribution in [2.24, 2.45) is 5.92 Å². The van der Waals surface area contributed by atoms with Crippen LogP contribution in [-0.4, -0.2) is 47.4 Å². The zero-order chi connectivity index (χ0) is 13.1. The van der Waals surface area contributed by atoms with E-state index < -0.39 is 0 Å². The molecule has 0 bridgehead atoms. The highest BCUT2D eigenvalue weighted by Crippen LogP contribution is 2.35. The van der Waals surface area contributed by atoms with E-state index in [1.54, 1.807) is 11.8 Å². The van der Waals surface area contributed by atoms with E-state index in [-0.39, 0.29) is 23.9 Å². The molecule has 4 nitrogen and oxygen atoms in total. The number of nitrogens with zero attached hydrogens (tertiary/aromatic N) is 1. The van der Waals surface area contributed by atoms with Crippen molar-refractivity contribution in [3.63, 3.8) is 0 Å². The van der Waals surface area contributed by atoms with Gasteiger partial charge in [-0.15, -0.1) is 0 Å². The average molecular weight is 270 g/mol. The van der Waals surface area contributed by atoms with Gasteiger partial charge in [0.05, 0.1) is 0 Å². The van der Waals surface area contributed by atoms with Crippen LogP contribution in [0.5, 0.6) is 0 Å². The second kappa shape index (κ2) is 5.95. The minimum Gasteiger partial charge on any atom is -0.342 e. The van der Waals surface area contributed by atoms with E-state index >= 15 is 0 Å². The molecular weight excluding hydrogens is 248 g/mol. The Hall–Kier alpha value is -0.710. The van der Waals surface area contributed by atoms with Crippen LogP contribution >= 0.6 is 11.8 Å². The summed E-state index contributed by atoms with van der Waals surface area (Å²) in [5, 5.41) is 2.93. The van der Waals surface area contributed by atoms with Crippen LogP contribution in [0.25, 0.3) is 0 Å². The first-order valence-electron chi connectivity index (χ1n) is 6.78. The highest BCUT2D eigenvalue weighted by atomic mass is 32.2. The van der Waals surface area contributed by atoms with Crippen LogP contribution in [-0.2, 0) is 9.59 Å². The van der Waals surface area contributed by atoms with Crippen molar-refractivity contribution in [3.8, 4) is 0 Å². The number of nitrogens with one attached hydrogen (secondary N) is 1. The number of carbonyl (C=O) groups is 2. The summed E-state index contributed by atoms with van der Waals surface area (Å²) in [6, 6.07) is -0.489. The smallest absolute Gasteiger partial charge is 0.246 e. The zero-order valence-electron chi connectivity index (χ0n) is 11.1. The fraction of sp³-hybridized carbons (Fsp3) is 0.846. The van der Waals surface area contributed by atoms with E-state index in [1.165, 1.54) is 0 Å². The van der Waals surface area contributed by atoms with Crippen molar-refractivity contribution in [1.82, 2.24) is 10.2 Å². The van der Waals surface area contributed by atoms with E-state index in [0.29, 0.717) is 12.5 Å². The topological polar surface area (TPSA) is 49.4 Å². The predicted molar refractivity (Wildman–Crippen MR) is 73.4 cm³/mol. The average Bonchev–Trinajstić information content (AvgIpc) is 3.17. The lowest BCUT2D eigenvalue weighted by Crippen LogP contribution is -2.64. The molecule has 1 heterocycles. The molecule has 2 rings (SSSR count). The number of piperazine rings is 1. The second-order valence-electron chi connectivity index (χ2n) is 5.15. The van der Waals surface area contributed by atoms with Crippen molar-refractivity contribution >= 4 is 23.6 Å². The Morgan fingerprint density at radius 2 is 2.11 bits per heavy atom. The molecule has 1 N–H and O–H groups in total. The van der Waals surface area contributed by atoms with Gasteiger partial charge in [-0.1, -0.05) is 13.3 Å². The summed E-state index contributed by atoms with van der Waals surface area (Å²) in [5.41, 5.74) is 0. The highest BCUT2D eigenvalue weighted by Gasteiger charge is 2.46. The van der Waals surface area contributed by atoms with Crippen molar-refractivity contribution in [3.05, 3.63) is 0 Å². The molecule has 2 amide bonds. The third-order valence-electron chi connectivity index (χ3n) is 3.72. The van der Waals surface area contributed by atoms with Crippen LogP contribution in [0, 0.1) is 5.92 Å². The largest absolute Gasteiger partial charge is 0.342 e. The van der Waals surface area contributed by atoms with Crippen LogP contribution in [0.2, 0.25) is 0 Å². The summed E-state index contributed by atoms with van der Waals surface area (Å²) in [5.74, 6) is 1.48. The number of carbonyl (C=O) groups excluding carboxylic acids is 2. The van der Waals surface area contributed by atoms with Crippen molar-refractivity contribution in [2.75, 3.05) is 18.6 Å². The van der Waals surface area contributed by atoms with Crippen molar-refractivity contribution < 1.29 is 9.59 Å². The minimum absolute atomic E-state index is 0.0504. The Balaban J connectivity index is 2.09. The molecule has 2 atom stereocenters. The lowest BCUT2D eigenvalue weighted by molar-refractivity contribution is -0.149. The summed E-state index contributed by atoms with van der Waals surface area (Å²) in [6.07, 6.45) is 5.87. The van der Waals surface area contributed by atoms with Crippen LogP contribution in [0.15, 0.2) is 0 Å². The minimum atomic E-state index is -0.246. The summed E-state index contributed by atoms with van der Waals surface area (Å²) >= 11 is 1.72. The Kier molecular flexibility index (Phi) is 4.54. The van der Waals surface area contributed by atoms with Gasteiger partial charge >= 0.3 is 0 Å². The highest BCUT2D eigenvalue weighted by molar-refractivity contribution is 7.98. The maximum Gasteiger partial charge on any atom is 0.246 e. The van der Waals surface area contributed by atoms with Crippen LogP contribution in [0.4, 0.5) is 0 Å². The van der Waals surface area contributed by atoms with E-state index in [4.69, 9.17) is 0 Å². The number of rotatable bonds is 6. The van der Waals surface area contributed by atoms with Gasteiger partial charge in [-0.05, 0) is 31.4 Å². The molecule has 1 aliphatic carbocycles. The fourth-order valence-corrected chi connectivity index (χ4v) is 2.93. The number of amides is 2. The van der Waals surface area contributed by atoms with E-state index in [1.807, 2.05) is 11.2 Å².